The molecule has 2 N–H and O–H groups in total. The van der Waals surface area contributed by atoms with Crippen LogP contribution in [0.4, 0.5) is 5.69 Å². The fourth-order valence-electron chi connectivity index (χ4n) is 1.31. The van der Waals surface area contributed by atoms with Crippen molar-refractivity contribution in [1.29, 1.82) is 0 Å². The molecule has 72 valence electrons. The van der Waals surface area contributed by atoms with Crippen LogP contribution >= 0.6 is 31.9 Å². The molecule has 0 aliphatic rings. The van der Waals surface area contributed by atoms with Crippen LogP contribution in [-0.2, 0) is 12.8 Å². The lowest BCUT2D eigenvalue weighted by Gasteiger charge is -2.08. The topological polar surface area (TPSA) is 26.0 Å². The quantitative estimate of drug-likeness (QED) is 0.671. The van der Waals surface area contributed by atoms with Gasteiger partial charge in [0.15, 0.2) is 0 Å². The van der Waals surface area contributed by atoms with E-state index in [1.165, 1.54) is 11.1 Å². The van der Waals surface area contributed by atoms with Gasteiger partial charge in [0.25, 0.3) is 0 Å². The third-order valence-corrected chi connectivity index (χ3v) is 2.81. The minimum atomic E-state index is 0.960. The van der Waals surface area contributed by atoms with Crippen molar-refractivity contribution in [2.45, 2.75) is 12.8 Å². The van der Waals surface area contributed by atoms with Crippen LogP contribution in [0.3, 0.4) is 0 Å². The van der Waals surface area contributed by atoms with Crippen molar-refractivity contribution in [1.82, 2.24) is 0 Å². The molecule has 0 unspecified atom stereocenters. The molecule has 0 atom stereocenters. The molecule has 13 heavy (non-hydrogen) atoms. The molecule has 0 fully saturated rings. The van der Waals surface area contributed by atoms with Gasteiger partial charge in [0.05, 0.1) is 0 Å². The maximum Gasteiger partial charge on any atom is 0.0379 e. The Bertz CT molecular complexity index is 249. The van der Waals surface area contributed by atoms with Crippen LogP contribution in [0.5, 0.6) is 0 Å². The molecule has 1 nitrogen and oxygen atoms in total. The molecular formula is C10H13Br2N. The number of alkyl halides is 2. The summed E-state index contributed by atoms with van der Waals surface area (Å²) in [6.45, 7) is 0. The van der Waals surface area contributed by atoms with Gasteiger partial charge >= 0.3 is 0 Å². The van der Waals surface area contributed by atoms with Crippen LogP contribution in [0.1, 0.15) is 11.1 Å². The number of nitrogen functional groups attached to an aromatic ring is 1. The second-order valence-corrected chi connectivity index (χ2v) is 4.45. The predicted octanol–water partition coefficient (Wildman–Crippen LogP) is 3.14. The molecular weight excluding hydrogens is 294 g/mol. The molecule has 1 aromatic rings. The Balaban J connectivity index is 2.89. The van der Waals surface area contributed by atoms with Crippen molar-refractivity contribution >= 4 is 37.5 Å². The number of halogens is 2. The lowest BCUT2D eigenvalue weighted by molar-refractivity contribution is 1.12. The first-order chi connectivity index (χ1) is 6.29. The zero-order valence-electron chi connectivity index (χ0n) is 7.39. The highest BCUT2D eigenvalue weighted by atomic mass is 79.9. The number of aryl methyl sites for hydroxylation is 2. The minimum absolute atomic E-state index is 0.960. The van der Waals surface area contributed by atoms with E-state index in [2.05, 4.69) is 50.1 Å². The van der Waals surface area contributed by atoms with Crippen LogP contribution in [0.15, 0.2) is 18.2 Å². The molecule has 0 bridgehead atoms. The van der Waals surface area contributed by atoms with Gasteiger partial charge in [-0.05, 0) is 24.0 Å². The van der Waals surface area contributed by atoms with Gasteiger partial charge in [-0.3, -0.25) is 0 Å². The summed E-state index contributed by atoms with van der Waals surface area (Å²) in [7, 11) is 0. The first-order valence-corrected chi connectivity index (χ1v) is 6.52. The minimum Gasteiger partial charge on any atom is -0.398 e. The summed E-state index contributed by atoms with van der Waals surface area (Å²) in [5, 5.41) is 1.93. The number of benzene rings is 1. The SMILES string of the molecule is Nc1c(CCBr)cccc1CCBr. The average molecular weight is 307 g/mol. The van der Waals surface area contributed by atoms with E-state index >= 15 is 0 Å². The van der Waals surface area contributed by atoms with E-state index in [4.69, 9.17) is 5.73 Å². The van der Waals surface area contributed by atoms with E-state index in [1.807, 2.05) is 0 Å². The van der Waals surface area contributed by atoms with Crippen molar-refractivity contribution in [3.63, 3.8) is 0 Å². The molecule has 0 heterocycles. The zero-order valence-corrected chi connectivity index (χ0v) is 10.6. The summed E-state index contributed by atoms with van der Waals surface area (Å²) in [4.78, 5) is 0. The summed E-state index contributed by atoms with van der Waals surface area (Å²) < 4.78 is 0. The second-order valence-electron chi connectivity index (χ2n) is 2.87. The second kappa shape index (κ2) is 5.66. The average Bonchev–Trinajstić information content (AvgIpc) is 2.13. The molecule has 0 aromatic heterocycles. The Labute approximate surface area is 96.0 Å². The van der Waals surface area contributed by atoms with E-state index in [0.717, 1.165) is 29.2 Å². The van der Waals surface area contributed by atoms with E-state index in [1.54, 1.807) is 0 Å². The standard InChI is InChI=1S/C10H13Br2N/c11-6-4-8-2-1-3-9(5-7-12)10(8)13/h1-3H,4-7,13H2. The Morgan fingerprint density at radius 2 is 1.46 bits per heavy atom. The van der Waals surface area contributed by atoms with Gasteiger partial charge in [0, 0.05) is 16.3 Å². The number of rotatable bonds is 4. The fraction of sp³-hybridized carbons (Fsp3) is 0.400. The van der Waals surface area contributed by atoms with Gasteiger partial charge in [-0.1, -0.05) is 50.1 Å². The Hall–Kier alpha value is -0.0200. The fourth-order valence-corrected chi connectivity index (χ4v) is 2.16. The lowest BCUT2D eigenvalue weighted by Crippen LogP contribution is -2.01. The van der Waals surface area contributed by atoms with Crippen LogP contribution < -0.4 is 5.73 Å². The van der Waals surface area contributed by atoms with E-state index in [-0.39, 0.29) is 0 Å². The number of hydrogen-bond donors (Lipinski definition) is 1. The normalized spacial score (nSPS) is 10.3. The smallest absolute Gasteiger partial charge is 0.0379 e. The molecule has 1 rings (SSSR count). The highest BCUT2D eigenvalue weighted by molar-refractivity contribution is 9.09. The van der Waals surface area contributed by atoms with Gasteiger partial charge in [-0.15, -0.1) is 0 Å². The van der Waals surface area contributed by atoms with Gasteiger partial charge in [-0.2, -0.15) is 0 Å². The van der Waals surface area contributed by atoms with Gasteiger partial charge in [-0.25, -0.2) is 0 Å². The van der Waals surface area contributed by atoms with Crippen LogP contribution in [0.2, 0.25) is 0 Å². The number of anilines is 1. The molecule has 1 aromatic carbocycles. The summed E-state index contributed by atoms with van der Waals surface area (Å²) >= 11 is 6.84. The third-order valence-electron chi connectivity index (χ3n) is 2.01. The molecule has 0 spiro atoms. The summed E-state index contributed by atoms with van der Waals surface area (Å²) in [5.74, 6) is 0. The van der Waals surface area contributed by atoms with Crippen LogP contribution in [0.25, 0.3) is 0 Å². The first-order valence-electron chi connectivity index (χ1n) is 4.27. The van der Waals surface area contributed by atoms with Gasteiger partial charge in [0.1, 0.15) is 0 Å². The largest absolute Gasteiger partial charge is 0.398 e. The van der Waals surface area contributed by atoms with E-state index in [9.17, 15) is 0 Å². The van der Waals surface area contributed by atoms with Crippen molar-refractivity contribution in [3.8, 4) is 0 Å². The van der Waals surface area contributed by atoms with E-state index in [0.29, 0.717) is 0 Å². The third kappa shape index (κ3) is 2.99. The van der Waals surface area contributed by atoms with Crippen molar-refractivity contribution < 1.29 is 0 Å². The molecule has 3 heteroatoms. The Morgan fingerprint density at radius 3 is 1.85 bits per heavy atom. The summed E-state index contributed by atoms with van der Waals surface area (Å²) in [5.41, 5.74) is 9.46. The van der Waals surface area contributed by atoms with Crippen molar-refractivity contribution in [3.05, 3.63) is 29.3 Å². The van der Waals surface area contributed by atoms with Gasteiger partial charge < -0.3 is 5.73 Å². The number of hydrogen-bond acceptors (Lipinski definition) is 1. The molecule has 0 aliphatic heterocycles. The lowest BCUT2D eigenvalue weighted by atomic mass is 10.0. The van der Waals surface area contributed by atoms with Crippen molar-refractivity contribution in [2.75, 3.05) is 16.4 Å². The molecule has 0 saturated heterocycles. The first kappa shape index (κ1) is 11.1. The number of para-hydroxylation sites is 1. The van der Waals surface area contributed by atoms with Crippen LogP contribution in [-0.4, -0.2) is 10.7 Å². The van der Waals surface area contributed by atoms with E-state index < -0.39 is 0 Å². The maximum absolute atomic E-state index is 6.01. The highest BCUT2D eigenvalue weighted by Crippen LogP contribution is 2.19. The van der Waals surface area contributed by atoms with Crippen LogP contribution in [0, 0.1) is 0 Å². The Morgan fingerprint density at radius 1 is 1.00 bits per heavy atom. The molecule has 0 saturated carbocycles. The highest BCUT2D eigenvalue weighted by Gasteiger charge is 2.02. The number of nitrogens with two attached hydrogens (primary N) is 1. The van der Waals surface area contributed by atoms with Crippen molar-refractivity contribution in [2.24, 2.45) is 0 Å². The van der Waals surface area contributed by atoms with Gasteiger partial charge in [0.2, 0.25) is 0 Å². The summed E-state index contributed by atoms with van der Waals surface area (Å²) in [6.07, 6.45) is 2.00. The molecule has 0 aliphatic carbocycles. The zero-order chi connectivity index (χ0) is 9.68. The Kier molecular flexibility index (Phi) is 4.81. The monoisotopic (exact) mass is 305 g/mol. The molecule has 0 amide bonds. The molecule has 0 radical (unpaired) electrons. The summed E-state index contributed by atoms with van der Waals surface area (Å²) in [6, 6.07) is 6.26. The predicted molar refractivity (Wildman–Crippen MR) is 65.9 cm³/mol. The maximum atomic E-state index is 6.01.